The summed E-state index contributed by atoms with van der Waals surface area (Å²) in [6.07, 6.45) is 2.05. The summed E-state index contributed by atoms with van der Waals surface area (Å²) in [6.45, 7) is 3.99. The molecule has 1 N–H and O–H groups in total. The molecule has 0 aliphatic rings. The van der Waals surface area contributed by atoms with Crippen LogP contribution in [0.3, 0.4) is 0 Å². The second-order valence-electron chi connectivity index (χ2n) is 3.24. The second-order valence-corrected chi connectivity index (χ2v) is 3.63. The molecule has 0 radical (unpaired) electrons. The van der Waals surface area contributed by atoms with Gasteiger partial charge in [-0.25, -0.2) is 0 Å². The molecule has 12 heavy (non-hydrogen) atoms. The first-order chi connectivity index (χ1) is 5.59. The summed E-state index contributed by atoms with van der Waals surface area (Å²) in [5.41, 5.74) is 1.12. The van der Waals surface area contributed by atoms with Gasteiger partial charge in [0.1, 0.15) is 0 Å². The zero-order valence-corrected chi connectivity index (χ0v) is 8.61. The van der Waals surface area contributed by atoms with Crippen LogP contribution >= 0.6 is 12.2 Å². The lowest BCUT2D eigenvalue weighted by Crippen LogP contribution is -2.18. The Labute approximate surface area is 78.0 Å². The van der Waals surface area contributed by atoms with Crippen molar-refractivity contribution in [2.45, 2.75) is 13.5 Å². The number of imidazole rings is 1. The van der Waals surface area contributed by atoms with E-state index < -0.39 is 0 Å². The van der Waals surface area contributed by atoms with Crippen molar-refractivity contribution in [3.05, 3.63) is 16.7 Å². The van der Waals surface area contributed by atoms with Gasteiger partial charge >= 0.3 is 0 Å². The molecule has 3 nitrogen and oxygen atoms in total. The number of H-pyrrole nitrogens is 1. The van der Waals surface area contributed by atoms with E-state index in [1.54, 1.807) is 0 Å². The van der Waals surface area contributed by atoms with Gasteiger partial charge in [0.05, 0.1) is 0 Å². The van der Waals surface area contributed by atoms with E-state index in [-0.39, 0.29) is 0 Å². The van der Waals surface area contributed by atoms with Gasteiger partial charge in [-0.3, -0.25) is 0 Å². The van der Waals surface area contributed by atoms with E-state index in [9.17, 15) is 0 Å². The van der Waals surface area contributed by atoms with E-state index in [0.717, 1.165) is 23.6 Å². The first kappa shape index (κ1) is 9.48. The molecule has 0 amide bonds. The fraction of sp³-hybridized carbons (Fsp3) is 0.625. The third-order valence-electron chi connectivity index (χ3n) is 1.70. The Morgan fingerprint density at radius 2 is 2.25 bits per heavy atom. The van der Waals surface area contributed by atoms with Gasteiger partial charge < -0.3 is 14.5 Å². The van der Waals surface area contributed by atoms with Crippen LogP contribution in [0.1, 0.15) is 5.69 Å². The average Bonchev–Trinajstić information content (AvgIpc) is 2.26. The molecule has 0 aliphatic carbocycles. The zero-order chi connectivity index (χ0) is 9.14. The fourth-order valence-electron chi connectivity index (χ4n) is 1.04. The van der Waals surface area contributed by atoms with Gasteiger partial charge in [0, 0.05) is 25.0 Å². The Bertz CT molecular complexity index is 297. The minimum absolute atomic E-state index is 0.814. The van der Waals surface area contributed by atoms with Crippen LogP contribution in [0.2, 0.25) is 0 Å². The molecule has 0 unspecified atom stereocenters. The highest BCUT2D eigenvalue weighted by molar-refractivity contribution is 7.71. The lowest BCUT2D eigenvalue weighted by atomic mass is 10.5. The van der Waals surface area contributed by atoms with Gasteiger partial charge in [-0.1, -0.05) is 0 Å². The molecule has 1 aromatic rings. The van der Waals surface area contributed by atoms with Crippen LogP contribution in [-0.2, 0) is 6.54 Å². The van der Waals surface area contributed by atoms with Crippen molar-refractivity contribution in [3.8, 4) is 0 Å². The van der Waals surface area contributed by atoms with Crippen LogP contribution in [0, 0.1) is 11.7 Å². The third-order valence-corrected chi connectivity index (χ3v) is 2.04. The number of hydrogen-bond donors (Lipinski definition) is 1. The highest BCUT2D eigenvalue weighted by Crippen LogP contribution is 1.96. The van der Waals surface area contributed by atoms with E-state index in [2.05, 4.69) is 28.5 Å². The number of nitrogens with zero attached hydrogens (tertiary/aromatic N) is 2. The molecule has 0 spiro atoms. The Morgan fingerprint density at radius 1 is 1.58 bits per heavy atom. The van der Waals surface area contributed by atoms with Crippen LogP contribution in [0.25, 0.3) is 0 Å². The van der Waals surface area contributed by atoms with E-state index in [0.29, 0.717) is 0 Å². The summed E-state index contributed by atoms with van der Waals surface area (Å²) in [4.78, 5) is 5.23. The Balaban J connectivity index is 2.63. The van der Waals surface area contributed by atoms with Crippen LogP contribution in [-0.4, -0.2) is 35.1 Å². The Morgan fingerprint density at radius 3 is 2.67 bits per heavy atom. The topological polar surface area (TPSA) is 24.0 Å². The minimum atomic E-state index is 0.814. The maximum atomic E-state index is 5.11. The number of aryl methyl sites for hydroxylation is 1. The minimum Gasteiger partial charge on any atom is -0.335 e. The molecule has 1 aromatic heterocycles. The summed E-state index contributed by atoms with van der Waals surface area (Å²) in [7, 11) is 4.12. The average molecular weight is 185 g/mol. The normalized spacial score (nSPS) is 11.0. The largest absolute Gasteiger partial charge is 0.335 e. The number of hydrogen-bond acceptors (Lipinski definition) is 2. The molecular weight excluding hydrogens is 170 g/mol. The Kier molecular flexibility index (Phi) is 3.05. The highest BCUT2D eigenvalue weighted by Gasteiger charge is 1.96. The molecular formula is C8H15N3S. The smallest absolute Gasteiger partial charge is 0.177 e. The summed E-state index contributed by atoms with van der Waals surface area (Å²) >= 11 is 5.11. The van der Waals surface area contributed by atoms with Crippen molar-refractivity contribution in [3.63, 3.8) is 0 Å². The predicted octanol–water partition coefficient (Wildman–Crippen LogP) is 1.42. The van der Waals surface area contributed by atoms with E-state index >= 15 is 0 Å². The van der Waals surface area contributed by atoms with Crippen molar-refractivity contribution >= 4 is 12.2 Å². The summed E-state index contributed by atoms with van der Waals surface area (Å²) in [5, 5.41) is 0. The van der Waals surface area contributed by atoms with Crippen molar-refractivity contribution in [2.24, 2.45) is 0 Å². The first-order valence-corrected chi connectivity index (χ1v) is 4.41. The van der Waals surface area contributed by atoms with Gasteiger partial charge in [0.15, 0.2) is 4.77 Å². The van der Waals surface area contributed by atoms with Gasteiger partial charge in [0.25, 0.3) is 0 Å². The van der Waals surface area contributed by atoms with Gasteiger partial charge in [-0.05, 0) is 33.2 Å². The van der Waals surface area contributed by atoms with E-state index in [1.165, 1.54) is 0 Å². The van der Waals surface area contributed by atoms with Crippen molar-refractivity contribution in [1.82, 2.24) is 14.5 Å². The lowest BCUT2D eigenvalue weighted by Gasteiger charge is -2.09. The monoisotopic (exact) mass is 185 g/mol. The number of rotatable bonds is 3. The van der Waals surface area contributed by atoms with Crippen LogP contribution in [0.5, 0.6) is 0 Å². The van der Waals surface area contributed by atoms with Gasteiger partial charge in [-0.15, -0.1) is 0 Å². The SMILES string of the molecule is Cc1cn(CCN(C)C)c(=S)[nH]1. The van der Waals surface area contributed by atoms with Crippen molar-refractivity contribution in [2.75, 3.05) is 20.6 Å². The maximum absolute atomic E-state index is 5.11. The number of aromatic nitrogens is 2. The third kappa shape index (κ3) is 2.46. The molecule has 68 valence electrons. The van der Waals surface area contributed by atoms with Gasteiger partial charge in [-0.2, -0.15) is 0 Å². The predicted molar refractivity (Wildman–Crippen MR) is 52.9 cm³/mol. The summed E-state index contributed by atoms with van der Waals surface area (Å²) in [5.74, 6) is 0. The second kappa shape index (κ2) is 3.87. The van der Waals surface area contributed by atoms with E-state index in [1.807, 2.05) is 13.1 Å². The molecule has 0 saturated carbocycles. The molecule has 0 saturated heterocycles. The maximum Gasteiger partial charge on any atom is 0.177 e. The van der Waals surface area contributed by atoms with E-state index in [4.69, 9.17) is 12.2 Å². The molecule has 0 atom stereocenters. The molecule has 0 aromatic carbocycles. The number of likely N-dealkylation sites (N-methyl/N-ethyl adjacent to an activating group) is 1. The molecule has 1 rings (SSSR count). The number of nitrogens with one attached hydrogen (secondary N) is 1. The number of aromatic amines is 1. The van der Waals surface area contributed by atoms with Gasteiger partial charge in [0.2, 0.25) is 0 Å². The van der Waals surface area contributed by atoms with Crippen LogP contribution in [0.4, 0.5) is 0 Å². The van der Waals surface area contributed by atoms with Crippen molar-refractivity contribution < 1.29 is 0 Å². The standard InChI is InChI=1S/C8H15N3S/c1-7-6-11(8(12)9-7)5-4-10(2)3/h6H,4-5H2,1-3H3,(H,9,12). The molecule has 0 fully saturated rings. The highest BCUT2D eigenvalue weighted by atomic mass is 32.1. The summed E-state index contributed by atoms with van der Waals surface area (Å²) in [6, 6.07) is 0. The van der Waals surface area contributed by atoms with Crippen LogP contribution in [0.15, 0.2) is 6.20 Å². The van der Waals surface area contributed by atoms with Crippen molar-refractivity contribution in [1.29, 1.82) is 0 Å². The molecule has 4 heteroatoms. The molecule has 0 bridgehead atoms. The summed E-state index contributed by atoms with van der Waals surface area (Å²) < 4.78 is 2.87. The fourth-order valence-corrected chi connectivity index (χ4v) is 1.34. The lowest BCUT2D eigenvalue weighted by molar-refractivity contribution is 0.383. The molecule has 1 heterocycles. The van der Waals surface area contributed by atoms with Crippen LogP contribution < -0.4 is 0 Å². The first-order valence-electron chi connectivity index (χ1n) is 4.00. The zero-order valence-electron chi connectivity index (χ0n) is 7.79. The molecule has 0 aliphatic heterocycles. The Hall–Kier alpha value is -0.610. The quantitative estimate of drug-likeness (QED) is 0.720.